The molecule has 9 heteroatoms. The van der Waals surface area contributed by atoms with E-state index in [0.29, 0.717) is 41.3 Å². The van der Waals surface area contributed by atoms with Gasteiger partial charge in [-0.15, -0.1) is 0 Å². The molecule has 0 saturated carbocycles. The van der Waals surface area contributed by atoms with E-state index < -0.39 is 21.7 Å². The first-order chi connectivity index (χ1) is 17.2. The number of rotatable bonds is 11. The van der Waals surface area contributed by atoms with Crippen LogP contribution in [-0.2, 0) is 22.9 Å². The summed E-state index contributed by atoms with van der Waals surface area (Å²) in [5, 5.41) is 2.99. The summed E-state index contributed by atoms with van der Waals surface area (Å²) in [6.45, 7) is 4.15. The molecule has 36 heavy (non-hydrogen) atoms. The lowest BCUT2D eigenvalue weighted by Crippen LogP contribution is -2.37. The summed E-state index contributed by atoms with van der Waals surface area (Å²) < 4.78 is 69.5. The summed E-state index contributed by atoms with van der Waals surface area (Å²) in [4.78, 5) is 0.0855. The Morgan fingerprint density at radius 1 is 0.972 bits per heavy atom. The lowest BCUT2D eigenvalue weighted by molar-refractivity contribution is 0.350. The van der Waals surface area contributed by atoms with Gasteiger partial charge in [-0.3, -0.25) is 4.31 Å². The Bertz CT molecular complexity index is 1310. The predicted octanol–water partition coefficient (Wildman–Crippen LogP) is 4.86. The van der Waals surface area contributed by atoms with E-state index in [9.17, 15) is 17.2 Å². The van der Waals surface area contributed by atoms with Crippen molar-refractivity contribution in [3.63, 3.8) is 0 Å². The fraction of sp³-hybridized carbons (Fsp3) is 0.333. The van der Waals surface area contributed by atoms with E-state index in [1.807, 2.05) is 13.8 Å². The van der Waals surface area contributed by atoms with Gasteiger partial charge >= 0.3 is 0 Å². The van der Waals surface area contributed by atoms with Crippen molar-refractivity contribution in [2.75, 3.05) is 38.7 Å². The van der Waals surface area contributed by atoms with Gasteiger partial charge in [0.15, 0.2) is 11.5 Å². The normalized spacial score (nSPS) is 11.4. The van der Waals surface area contributed by atoms with Gasteiger partial charge in [-0.05, 0) is 56.3 Å². The van der Waals surface area contributed by atoms with Crippen LogP contribution in [-0.4, -0.2) is 42.8 Å². The van der Waals surface area contributed by atoms with Crippen molar-refractivity contribution < 1.29 is 26.7 Å². The van der Waals surface area contributed by atoms with Crippen molar-refractivity contribution in [1.82, 2.24) is 5.32 Å². The van der Waals surface area contributed by atoms with Gasteiger partial charge < -0.3 is 14.8 Å². The number of hydrogen-bond acceptors (Lipinski definition) is 5. The number of anilines is 1. The molecule has 0 spiro atoms. The maximum absolute atomic E-state index is 14.5. The second-order valence-electron chi connectivity index (χ2n) is 8.32. The summed E-state index contributed by atoms with van der Waals surface area (Å²) in [7, 11) is 0.578. The summed E-state index contributed by atoms with van der Waals surface area (Å²) >= 11 is 0. The Hall–Kier alpha value is -3.17. The number of ether oxygens (including phenoxy) is 2. The van der Waals surface area contributed by atoms with Crippen molar-refractivity contribution in [3.05, 3.63) is 82.4 Å². The summed E-state index contributed by atoms with van der Waals surface area (Å²) in [6, 6.07) is 12.0. The van der Waals surface area contributed by atoms with E-state index in [-0.39, 0.29) is 23.4 Å². The second kappa shape index (κ2) is 11.7. The molecule has 0 radical (unpaired) electrons. The van der Waals surface area contributed by atoms with Crippen molar-refractivity contribution in [1.29, 1.82) is 0 Å². The van der Waals surface area contributed by atoms with Gasteiger partial charge in [0, 0.05) is 30.6 Å². The van der Waals surface area contributed by atoms with E-state index in [1.165, 1.54) is 42.8 Å². The topological polar surface area (TPSA) is 67.9 Å². The molecule has 0 atom stereocenters. The Labute approximate surface area is 211 Å². The van der Waals surface area contributed by atoms with Crippen LogP contribution >= 0.6 is 0 Å². The number of sulfonamides is 1. The van der Waals surface area contributed by atoms with E-state index >= 15 is 0 Å². The van der Waals surface area contributed by atoms with Crippen LogP contribution < -0.4 is 19.1 Å². The molecule has 0 unspecified atom stereocenters. The maximum Gasteiger partial charge on any atom is 0.264 e. The zero-order chi connectivity index (χ0) is 26.5. The van der Waals surface area contributed by atoms with E-state index in [4.69, 9.17) is 9.47 Å². The molecule has 0 fully saturated rings. The highest BCUT2D eigenvalue weighted by molar-refractivity contribution is 7.92. The summed E-state index contributed by atoms with van der Waals surface area (Å²) in [6.07, 6.45) is 0.281. The third kappa shape index (κ3) is 5.47. The van der Waals surface area contributed by atoms with Gasteiger partial charge in [-0.2, -0.15) is 0 Å². The van der Waals surface area contributed by atoms with Gasteiger partial charge in [0.05, 0.1) is 24.8 Å². The number of nitrogens with one attached hydrogen (secondary N) is 1. The quantitative estimate of drug-likeness (QED) is 0.393. The molecule has 0 saturated heterocycles. The lowest BCUT2D eigenvalue weighted by Gasteiger charge is -2.28. The largest absolute Gasteiger partial charge is 0.493 e. The first-order valence-electron chi connectivity index (χ1n) is 11.6. The Kier molecular flexibility index (Phi) is 8.92. The first-order valence-corrected chi connectivity index (χ1v) is 13.1. The summed E-state index contributed by atoms with van der Waals surface area (Å²) in [5.41, 5.74) is 2.07. The smallest absolute Gasteiger partial charge is 0.264 e. The molecule has 3 aromatic carbocycles. The fourth-order valence-electron chi connectivity index (χ4n) is 4.24. The van der Waals surface area contributed by atoms with E-state index in [1.54, 1.807) is 31.3 Å². The molecule has 0 aliphatic rings. The fourth-order valence-corrected chi connectivity index (χ4v) is 6.04. The minimum absolute atomic E-state index is 0.0855. The predicted molar refractivity (Wildman–Crippen MR) is 138 cm³/mol. The minimum atomic E-state index is -4.10. The van der Waals surface area contributed by atoms with Crippen LogP contribution in [0.1, 0.15) is 29.2 Å². The van der Waals surface area contributed by atoms with Gasteiger partial charge in [-0.25, -0.2) is 17.2 Å². The van der Waals surface area contributed by atoms with Crippen LogP contribution in [0.3, 0.4) is 0 Å². The van der Waals surface area contributed by atoms with Crippen LogP contribution in [0.5, 0.6) is 11.5 Å². The average Bonchev–Trinajstić information content (AvgIpc) is 2.86. The monoisotopic (exact) mass is 518 g/mol. The molecule has 194 valence electrons. The standard InChI is InChI=1S/C27H32F2N2O4S/c1-6-20-26(13-12-25(34-4)27(20)35-5)36(32,33)31(15-14-30-3)24-11-10-18(2)16-19(24)17-21-22(28)8-7-9-23(21)29/h7-13,16,30H,6,14-15,17H2,1-5H3. The molecule has 0 aromatic heterocycles. The first kappa shape index (κ1) is 27.4. The van der Waals surface area contributed by atoms with Crippen LogP contribution in [0.2, 0.25) is 0 Å². The lowest BCUT2D eigenvalue weighted by atomic mass is 10.00. The van der Waals surface area contributed by atoms with Gasteiger partial charge in [0.1, 0.15) is 11.6 Å². The molecule has 0 bridgehead atoms. The van der Waals surface area contributed by atoms with Gasteiger partial charge in [0.2, 0.25) is 0 Å². The number of hydrogen-bond donors (Lipinski definition) is 1. The van der Waals surface area contributed by atoms with Crippen LogP contribution in [0.25, 0.3) is 0 Å². The third-order valence-electron chi connectivity index (χ3n) is 6.02. The Balaban J connectivity index is 2.22. The van der Waals surface area contributed by atoms with Crippen molar-refractivity contribution in [2.24, 2.45) is 0 Å². The summed E-state index contributed by atoms with van der Waals surface area (Å²) in [5.74, 6) is -0.575. The zero-order valence-corrected chi connectivity index (χ0v) is 22.0. The zero-order valence-electron chi connectivity index (χ0n) is 21.2. The van der Waals surface area contributed by atoms with E-state index in [0.717, 1.165) is 5.56 Å². The number of halogens is 2. The SMILES string of the molecule is CCc1c(S(=O)(=O)N(CCNC)c2ccc(C)cc2Cc2c(F)cccc2F)ccc(OC)c1OC. The molecule has 0 aliphatic carbocycles. The number of benzene rings is 3. The highest BCUT2D eigenvalue weighted by Gasteiger charge is 2.31. The Morgan fingerprint density at radius 3 is 2.25 bits per heavy atom. The minimum Gasteiger partial charge on any atom is -0.493 e. The van der Waals surface area contributed by atoms with E-state index in [2.05, 4.69) is 5.32 Å². The third-order valence-corrected chi connectivity index (χ3v) is 7.92. The number of aryl methyl sites for hydroxylation is 1. The van der Waals surface area contributed by atoms with Crippen LogP contribution in [0.15, 0.2) is 53.4 Å². The van der Waals surface area contributed by atoms with Crippen molar-refractivity contribution in [2.45, 2.75) is 31.6 Å². The molecular weight excluding hydrogens is 486 g/mol. The molecule has 0 aliphatic heterocycles. The average molecular weight is 519 g/mol. The van der Waals surface area contributed by atoms with Gasteiger partial charge in [0.25, 0.3) is 10.0 Å². The number of likely N-dealkylation sites (N-methyl/N-ethyl adjacent to an activating group) is 1. The molecule has 0 amide bonds. The molecule has 0 heterocycles. The van der Waals surface area contributed by atoms with Crippen LogP contribution in [0.4, 0.5) is 14.5 Å². The second-order valence-corrected chi connectivity index (χ2v) is 10.2. The number of methoxy groups -OCH3 is 2. The van der Waals surface area contributed by atoms with Crippen LogP contribution in [0, 0.1) is 18.6 Å². The molecule has 3 aromatic rings. The van der Waals surface area contributed by atoms with Crippen molar-refractivity contribution in [3.8, 4) is 11.5 Å². The molecule has 1 N–H and O–H groups in total. The highest BCUT2D eigenvalue weighted by Crippen LogP contribution is 2.38. The highest BCUT2D eigenvalue weighted by atomic mass is 32.2. The number of nitrogens with zero attached hydrogens (tertiary/aromatic N) is 1. The molecular formula is C27H32F2N2O4S. The molecule has 6 nitrogen and oxygen atoms in total. The molecule has 3 rings (SSSR count). The van der Waals surface area contributed by atoms with Gasteiger partial charge in [-0.1, -0.05) is 30.7 Å². The van der Waals surface area contributed by atoms with Crippen molar-refractivity contribution >= 4 is 15.7 Å². The maximum atomic E-state index is 14.5. The Morgan fingerprint density at radius 2 is 1.67 bits per heavy atom.